The molecule has 0 saturated heterocycles. The van der Waals surface area contributed by atoms with E-state index in [9.17, 15) is 13.2 Å². The second kappa shape index (κ2) is 10.9. The first kappa shape index (κ1) is 22.7. The number of benzene rings is 2. The van der Waals surface area contributed by atoms with Crippen molar-refractivity contribution < 1.29 is 17.9 Å². The number of amides is 1. The summed E-state index contributed by atoms with van der Waals surface area (Å²) in [5.41, 5.74) is 2.63. The topological polar surface area (TPSA) is 75.7 Å². The highest BCUT2D eigenvalue weighted by Gasteiger charge is 2.21. The van der Waals surface area contributed by atoms with Gasteiger partial charge in [0.15, 0.2) is 0 Å². The van der Waals surface area contributed by atoms with Crippen molar-refractivity contribution in [1.29, 1.82) is 0 Å². The Hall–Kier alpha value is -2.54. The first-order chi connectivity index (χ1) is 13.8. The highest BCUT2D eigenvalue weighted by Crippen LogP contribution is 2.28. The number of anilines is 1. The molecule has 0 aliphatic rings. The standard InChI is InChI=1S/C22H30N2O4S/c1-4-19-11-8-10-18(2)22(19)24(29(3,26)27)16-9-14-21(25)23-15-17-28-20-12-6-5-7-13-20/h5-8,10-13H,4,9,14-17H2,1-3H3,(H,23,25). The van der Waals surface area contributed by atoms with Crippen LogP contribution in [-0.2, 0) is 21.2 Å². The molecule has 1 N–H and O–H groups in total. The Bertz CT molecular complexity index is 898. The molecule has 2 aromatic carbocycles. The van der Waals surface area contributed by atoms with Gasteiger partial charge in [-0.2, -0.15) is 0 Å². The monoisotopic (exact) mass is 418 g/mol. The highest BCUT2D eigenvalue weighted by molar-refractivity contribution is 7.92. The average Bonchev–Trinajstić information content (AvgIpc) is 2.69. The molecule has 0 radical (unpaired) electrons. The molecule has 7 heteroatoms. The molecule has 0 unspecified atom stereocenters. The predicted octanol–water partition coefficient (Wildman–Crippen LogP) is 3.30. The van der Waals surface area contributed by atoms with Crippen molar-refractivity contribution in [2.75, 3.05) is 30.3 Å². The average molecular weight is 419 g/mol. The number of hydrogen-bond acceptors (Lipinski definition) is 4. The fourth-order valence-electron chi connectivity index (χ4n) is 3.15. The summed E-state index contributed by atoms with van der Waals surface area (Å²) < 4.78 is 31.7. The molecule has 158 valence electrons. The summed E-state index contributed by atoms with van der Waals surface area (Å²) in [5.74, 6) is 0.645. The summed E-state index contributed by atoms with van der Waals surface area (Å²) >= 11 is 0. The molecule has 0 aliphatic carbocycles. The SMILES string of the molecule is CCc1cccc(C)c1N(CCCC(=O)NCCOc1ccccc1)S(C)(=O)=O. The molecule has 0 atom stereocenters. The van der Waals surface area contributed by atoms with Gasteiger partial charge in [-0.05, 0) is 43.0 Å². The van der Waals surface area contributed by atoms with Gasteiger partial charge in [0.25, 0.3) is 0 Å². The Kier molecular flexibility index (Phi) is 8.51. The zero-order chi connectivity index (χ0) is 21.3. The number of ether oxygens (including phenoxy) is 1. The number of nitrogens with zero attached hydrogens (tertiary/aromatic N) is 1. The van der Waals surface area contributed by atoms with Crippen molar-refractivity contribution in [3.63, 3.8) is 0 Å². The molecule has 0 heterocycles. The summed E-state index contributed by atoms with van der Waals surface area (Å²) in [6.45, 7) is 4.97. The molecule has 29 heavy (non-hydrogen) atoms. The molecule has 6 nitrogen and oxygen atoms in total. The summed E-state index contributed by atoms with van der Waals surface area (Å²) in [4.78, 5) is 12.1. The van der Waals surface area contributed by atoms with Crippen LogP contribution in [0.15, 0.2) is 48.5 Å². The van der Waals surface area contributed by atoms with Crippen LogP contribution in [0.3, 0.4) is 0 Å². The van der Waals surface area contributed by atoms with Crippen LogP contribution in [0.1, 0.15) is 30.9 Å². The lowest BCUT2D eigenvalue weighted by molar-refractivity contribution is -0.121. The van der Waals surface area contributed by atoms with E-state index in [1.807, 2.05) is 62.4 Å². The maximum absolute atomic E-state index is 12.4. The van der Waals surface area contributed by atoms with Gasteiger partial charge >= 0.3 is 0 Å². The summed E-state index contributed by atoms with van der Waals surface area (Å²) in [5, 5.41) is 2.81. The summed E-state index contributed by atoms with van der Waals surface area (Å²) in [7, 11) is -3.44. The normalized spacial score (nSPS) is 11.1. The third kappa shape index (κ3) is 7.09. The Labute approximate surface area is 173 Å². The molecule has 2 aromatic rings. The Morgan fingerprint density at radius 3 is 2.48 bits per heavy atom. The lowest BCUT2D eigenvalue weighted by Gasteiger charge is -2.26. The molecule has 1 amide bonds. The van der Waals surface area contributed by atoms with Gasteiger partial charge in [0, 0.05) is 13.0 Å². The smallest absolute Gasteiger partial charge is 0.232 e. The Balaban J connectivity index is 1.85. The van der Waals surface area contributed by atoms with E-state index in [2.05, 4.69) is 5.32 Å². The molecular formula is C22H30N2O4S. The zero-order valence-electron chi connectivity index (χ0n) is 17.3. The lowest BCUT2D eigenvalue weighted by Crippen LogP contribution is -2.34. The number of hydrogen-bond donors (Lipinski definition) is 1. The number of aryl methyl sites for hydroxylation is 2. The number of para-hydroxylation sites is 2. The van der Waals surface area contributed by atoms with Gasteiger partial charge in [-0.1, -0.05) is 43.3 Å². The largest absolute Gasteiger partial charge is 0.492 e. The first-order valence-corrected chi connectivity index (χ1v) is 11.7. The molecule has 0 bridgehead atoms. The Morgan fingerprint density at radius 2 is 1.83 bits per heavy atom. The number of sulfonamides is 1. The van der Waals surface area contributed by atoms with E-state index < -0.39 is 10.0 Å². The van der Waals surface area contributed by atoms with Crippen LogP contribution in [0.25, 0.3) is 0 Å². The van der Waals surface area contributed by atoms with Crippen molar-refractivity contribution >= 4 is 21.6 Å². The van der Waals surface area contributed by atoms with E-state index in [0.29, 0.717) is 19.6 Å². The molecule has 2 rings (SSSR count). The number of nitrogens with one attached hydrogen (secondary N) is 1. The third-order valence-corrected chi connectivity index (χ3v) is 5.72. The van der Waals surface area contributed by atoms with E-state index in [1.165, 1.54) is 10.6 Å². The van der Waals surface area contributed by atoms with Gasteiger partial charge in [0.05, 0.1) is 18.5 Å². The first-order valence-electron chi connectivity index (χ1n) is 9.83. The minimum Gasteiger partial charge on any atom is -0.492 e. The van der Waals surface area contributed by atoms with Gasteiger partial charge in [-0.15, -0.1) is 0 Å². The van der Waals surface area contributed by atoms with E-state index in [1.54, 1.807) is 0 Å². The van der Waals surface area contributed by atoms with E-state index in [4.69, 9.17) is 4.74 Å². The van der Waals surface area contributed by atoms with E-state index in [0.717, 1.165) is 29.0 Å². The van der Waals surface area contributed by atoms with Gasteiger partial charge in [0.2, 0.25) is 15.9 Å². The summed E-state index contributed by atoms with van der Waals surface area (Å²) in [6, 6.07) is 15.2. The van der Waals surface area contributed by atoms with Gasteiger partial charge < -0.3 is 10.1 Å². The van der Waals surface area contributed by atoms with Gasteiger partial charge in [-0.3, -0.25) is 9.10 Å². The predicted molar refractivity (Wildman–Crippen MR) is 117 cm³/mol. The second-order valence-corrected chi connectivity index (χ2v) is 8.79. The summed E-state index contributed by atoms with van der Waals surface area (Å²) in [6.07, 6.45) is 2.64. The number of rotatable bonds is 11. The minimum absolute atomic E-state index is 0.115. The molecular weight excluding hydrogens is 388 g/mol. The minimum atomic E-state index is -3.44. The lowest BCUT2D eigenvalue weighted by atomic mass is 10.1. The fraction of sp³-hybridized carbons (Fsp3) is 0.409. The van der Waals surface area contributed by atoms with E-state index >= 15 is 0 Å². The second-order valence-electron chi connectivity index (χ2n) is 6.89. The third-order valence-electron chi connectivity index (χ3n) is 4.55. The fourth-order valence-corrected chi connectivity index (χ4v) is 4.21. The van der Waals surface area contributed by atoms with Crippen LogP contribution in [0.2, 0.25) is 0 Å². The van der Waals surface area contributed by atoms with Crippen molar-refractivity contribution in [2.24, 2.45) is 0 Å². The van der Waals surface area contributed by atoms with Crippen molar-refractivity contribution in [3.8, 4) is 5.75 Å². The molecule has 0 spiro atoms. The van der Waals surface area contributed by atoms with Gasteiger partial charge in [0.1, 0.15) is 12.4 Å². The van der Waals surface area contributed by atoms with Crippen LogP contribution in [0.5, 0.6) is 5.75 Å². The van der Waals surface area contributed by atoms with Crippen LogP contribution >= 0.6 is 0 Å². The van der Waals surface area contributed by atoms with Crippen LogP contribution in [0, 0.1) is 6.92 Å². The van der Waals surface area contributed by atoms with Crippen molar-refractivity contribution in [2.45, 2.75) is 33.1 Å². The van der Waals surface area contributed by atoms with Crippen LogP contribution in [-0.4, -0.2) is 40.3 Å². The zero-order valence-corrected chi connectivity index (χ0v) is 18.2. The van der Waals surface area contributed by atoms with Crippen molar-refractivity contribution in [1.82, 2.24) is 5.32 Å². The maximum Gasteiger partial charge on any atom is 0.232 e. The number of carbonyl (C=O) groups excluding carboxylic acids is 1. The number of carbonyl (C=O) groups is 1. The molecule has 0 saturated carbocycles. The Morgan fingerprint density at radius 1 is 1.10 bits per heavy atom. The van der Waals surface area contributed by atoms with Crippen LogP contribution < -0.4 is 14.4 Å². The quantitative estimate of drug-likeness (QED) is 0.568. The van der Waals surface area contributed by atoms with Crippen molar-refractivity contribution in [3.05, 3.63) is 59.7 Å². The maximum atomic E-state index is 12.4. The molecule has 0 fully saturated rings. The molecule has 0 aliphatic heterocycles. The van der Waals surface area contributed by atoms with E-state index in [-0.39, 0.29) is 18.9 Å². The molecule has 0 aromatic heterocycles. The highest BCUT2D eigenvalue weighted by atomic mass is 32.2. The van der Waals surface area contributed by atoms with Gasteiger partial charge in [-0.25, -0.2) is 8.42 Å². The van der Waals surface area contributed by atoms with Crippen LogP contribution in [0.4, 0.5) is 5.69 Å².